The Labute approximate surface area is 111 Å². The highest BCUT2D eigenvalue weighted by Gasteiger charge is 2.09. The molecule has 1 aromatic carbocycles. The second kappa shape index (κ2) is 5.65. The lowest BCUT2D eigenvalue weighted by molar-refractivity contribution is 0.340. The van der Waals surface area contributed by atoms with Gasteiger partial charge in [-0.2, -0.15) is 5.26 Å². The third-order valence-electron chi connectivity index (χ3n) is 2.50. The van der Waals surface area contributed by atoms with Gasteiger partial charge in [0.15, 0.2) is 0 Å². The zero-order valence-electron chi connectivity index (χ0n) is 10.4. The van der Waals surface area contributed by atoms with Gasteiger partial charge in [0.25, 0.3) is 0 Å². The van der Waals surface area contributed by atoms with Crippen LogP contribution in [0.25, 0.3) is 10.4 Å². The summed E-state index contributed by atoms with van der Waals surface area (Å²) < 4.78 is 5.42. The second-order valence-corrected chi connectivity index (χ2v) is 4.90. The predicted molar refractivity (Wildman–Crippen MR) is 72.8 cm³/mol. The van der Waals surface area contributed by atoms with Crippen molar-refractivity contribution in [2.75, 3.05) is 6.61 Å². The number of thiazole rings is 1. The minimum absolute atomic E-state index is 0.378. The molecule has 1 aromatic heterocycles. The molecule has 2 aromatic rings. The maximum atomic E-state index is 8.69. The number of nitriles is 1. The van der Waals surface area contributed by atoms with Crippen molar-refractivity contribution in [1.29, 1.82) is 5.26 Å². The molecule has 0 aliphatic rings. The predicted octanol–water partition coefficient (Wildman–Crippen LogP) is 3.58. The van der Waals surface area contributed by atoms with E-state index in [4.69, 9.17) is 10.00 Å². The van der Waals surface area contributed by atoms with E-state index in [-0.39, 0.29) is 0 Å². The Morgan fingerprint density at radius 2 is 2.06 bits per heavy atom. The summed E-state index contributed by atoms with van der Waals surface area (Å²) in [6.07, 6.45) is 0.378. The molecular formula is C14H14N2OS. The average molecular weight is 258 g/mol. The first kappa shape index (κ1) is 12.6. The Balaban J connectivity index is 2.28. The number of nitrogens with zero attached hydrogens (tertiary/aromatic N) is 2. The van der Waals surface area contributed by atoms with E-state index in [0.717, 1.165) is 26.9 Å². The minimum atomic E-state index is 0.378. The lowest BCUT2D eigenvalue weighted by Crippen LogP contribution is -1.90. The van der Waals surface area contributed by atoms with Crippen LogP contribution in [0.5, 0.6) is 5.75 Å². The molecule has 4 heteroatoms. The first-order valence-electron chi connectivity index (χ1n) is 5.81. The number of hydrogen-bond acceptors (Lipinski definition) is 4. The smallest absolute Gasteiger partial charge is 0.119 e. The van der Waals surface area contributed by atoms with Gasteiger partial charge in [0.1, 0.15) is 10.8 Å². The zero-order valence-corrected chi connectivity index (χ0v) is 11.3. The summed E-state index contributed by atoms with van der Waals surface area (Å²) >= 11 is 1.58. The second-order valence-electron chi connectivity index (χ2n) is 3.81. The molecule has 18 heavy (non-hydrogen) atoms. The summed E-state index contributed by atoms with van der Waals surface area (Å²) in [6, 6.07) is 10.1. The molecule has 3 nitrogen and oxygen atoms in total. The fourth-order valence-corrected chi connectivity index (χ4v) is 2.73. The molecule has 0 N–H and O–H groups in total. The van der Waals surface area contributed by atoms with Crippen molar-refractivity contribution >= 4 is 11.3 Å². The van der Waals surface area contributed by atoms with Crippen LogP contribution in [-0.2, 0) is 6.42 Å². The molecular weight excluding hydrogens is 244 g/mol. The molecule has 0 unspecified atom stereocenters. The Hall–Kier alpha value is -1.86. The Kier molecular flexibility index (Phi) is 3.96. The molecule has 2 rings (SSSR count). The van der Waals surface area contributed by atoms with E-state index in [9.17, 15) is 0 Å². The van der Waals surface area contributed by atoms with Gasteiger partial charge < -0.3 is 4.74 Å². The number of rotatable bonds is 4. The highest BCUT2D eigenvalue weighted by molar-refractivity contribution is 7.15. The maximum Gasteiger partial charge on any atom is 0.119 e. The van der Waals surface area contributed by atoms with Gasteiger partial charge in [-0.15, -0.1) is 11.3 Å². The van der Waals surface area contributed by atoms with E-state index in [2.05, 4.69) is 11.1 Å². The summed E-state index contributed by atoms with van der Waals surface area (Å²) in [4.78, 5) is 5.53. The van der Waals surface area contributed by atoms with Gasteiger partial charge in [-0.1, -0.05) is 0 Å². The molecule has 0 spiro atoms. The first-order valence-corrected chi connectivity index (χ1v) is 6.62. The lowest BCUT2D eigenvalue weighted by atomic mass is 10.1. The average Bonchev–Trinajstić information content (AvgIpc) is 2.72. The van der Waals surface area contributed by atoms with Crippen LogP contribution in [0.3, 0.4) is 0 Å². The highest BCUT2D eigenvalue weighted by atomic mass is 32.1. The molecule has 0 radical (unpaired) electrons. The van der Waals surface area contributed by atoms with E-state index >= 15 is 0 Å². The Bertz CT molecular complexity index is 566. The summed E-state index contributed by atoms with van der Waals surface area (Å²) in [5.41, 5.74) is 2.10. The van der Waals surface area contributed by atoms with Crippen molar-refractivity contribution in [2.24, 2.45) is 0 Å². The van der Waals surface area contributed by atoms with Crippen LogP contribution in [0.2, 0.25) is 0 Å². The van der Waals surface area contributed by atoms with Crippen molar-refractivity contribution in [2.45, 2.75) is 20.3 Å². The summed E-state index contributed by atoms with van der Waals surface area (Å²) in [5.74, 6) is 0.876. The minimum Gasteiger partial charge on any atom is -0.494 e. The standard InChI is InChI=1S/C14H14N2OS/c1-3-17-12-6-4-11(5-7-12)14-10(2)16-13(18-14)8-9-15/h4-7H,3,8H2,1-2H3. The van der Waals surface area contributed by atoms with Gasteiger partial charge in [-0.25, -0.2) is 4.98 Å². The fraction of sp³-hybridized carbons (Fsp3) is 0.286. The molecule has 0 atom stereocenters. The van der Waals surface area contributed by atoms with Crippen LogP contribution in [0.1, 0.15) is 17.6 Å². The van der Waals surface area contributed by atoms with Crippen molar-refractivity contribution in [1.82, 2.24) is 4.98 Å². The van der Waals surface area contributed by atoms with Crippen molar-refractivity contribution in [3.8, 4) is 22.3 Å². The normalized spacial score (nSPS) is 10.1. The molecule has 0 bridgehead atoms. The van der Waals surface area contributed by atoms with Gasteiger partial charge in [0, 0.05) is 0 Å². The fourth-order valence-electron chi connectivity index (χ4n) is 1.73. The summed E-state index contributed by atoms with van der Waals surface area (Å²) in [5, 5.41) is 9.56. The van der Waals surface area contributed by atoms with Crippen molar-refractivity contribution in [3.63, 3.8) is 0 Å². The third-order valence-corrected chi connectivity index (χ3v) is 3.71. The van der Waals surface area contributed by atoms with Crippen LogP contribution in [0.15, 0.2) is 24.3 Å². The van der Waals surface area contributed by atoms with Crippen LogP contribution in [0.4, 0.5) is 0 Å². The van der Waals surface area contributed by atoms with E-state index < -0.39 is 0 Å². The van der Waals surface area contributed by atoms with Crippen LogP contribution >= 0.6 is 11.3 Å². The Morgan fingerprint density at radius 1 is 1.33 bits per heavy atom. The number of ether oxygens (including phenoxy) is 1. The zero-order chi connectivity index (χ0) is 13.0. The molecule has 0 aliphatic heterocycles. The molecule has 0 aliphatic carbocycles. The van der Waals surface area contributed by atoms with Crippen molar-refractivity contribution in [3.05, 3.63) is 35.0 Å². The number of hydrogen-bond donors (Lipinski definition) is 0. The van der Waals surface area contributed by atoms with Crippen LogP contribution < -0.4 is 4.74 Å². The molecule has 1 heterocycles. The van der Waals surface area contributed by atoms with Crippen LogP contribution in [-0.4, -0.2) is 11.6 Å². The van der Waals surface area contributed by atoms with Gasteiger partial charge >= 0.3 is 0 Å². The summed E-state index contributed by atoms with van der Waals surface area (Å²) in [7, 11) is 0. The van der Waals surface area contributed by atoms with Gasteiger partial charge in [0.05, 0.1) is 29.7 Å². The summed E-state index contributed by atoms with van der Waals surface area (Å²) in [6.45, 7) is 4.61. The topological polar surface area (TPSA) is 45.9 Å². The van der Waals surface area contributed by atoms with E-state index in [1.807, 2.05) is 38.1 Å². The van der Waals surface area contributed by atoms with E-state index in [0.29, 0.717) is 13.0 Å². The van der Waals surface area contributed by atoms with Gasteiger partial charge in [0.2, 0.25) is 0 Å². The largest absolute Gasteiger partial charge is 0.494 e. The highest BCUT2D eigenvalue weighted by Crippen LogP contribution is 2.31. The molecule has 0 amide bonds. The lowest BCUT2D eigenvalue weighted by Gasteiger charge is -2.03. The number of benzene rings is 1. The molecule has 0 saturated heterocycles. The maximum absolute atomic E-state index is 8.69. The first-order chi connectivity index (χ1) is 8.74. The van der Waals surface area contributed by atoms with Crippen LogP contribution in [0, 0.1) is 18.3 Å². The SMILES string of the molecule is CCOc1ccc(-c2sc(CC#N)nc2C)cc1. The van der Waals surface area contributed by atoms with Crippen molar-refractivity contribution < 1.29 is 4.74 Å². The number of aromatic nitrogens is 1. The van der Waals surface area contributed by atoms with Gasteiger partial charge in [-0.05, 0) is 43.7 Å². The van der Waals surface area contributed by atoms with E-state index in [1.165, 1.54) is 0 Å². The number of aryl methyl sites for hydroxylation is 1. The molecule has 92 valence electrons. The monoisotopic (exact) mass is 258 g/mol. The third kappa shape index (κ3) is 2.69. The molecule has 0 fully saturated rings. The molecule has 0 saturated carbocycles. The Morgan fingerprint density at radius 3 is 2.67 bits per heavy atom. The van der Waals surface area contributed by atoms with E-state index in [1.54, 1.807) is 11.3 Å². The quantitative estimate of drug-likeness (QED) is 0.842. The van der Waals surface area contributed by atoms with Gasteiger partial charge in [-0.3, -0.25) is 0 Å².